The maximum Gasteiger partial charge on any atom is 0.159 e. The largest absolute Gasteiger partial charge is 0.454 e. The summed E-state index contributed by atoms with van der Waals surface area (Å²) in [5.74, 6) is 0. The fraction of sp³-hybridized carbons (Fsp3) is 0. The highest BCUT2D eigenvalue weighted by molar-refractivity contribution is 6.11. The van der Waals surface area contributed by atoms with Gasteiger partial charge in [0.15, 0.2) is 5.58 Å². The molecule has 7 aromatic carbocycles. The Hall–Kier alpha value is -6.06. The van der Waals surface area contributed by atoms with E-state index in [0.717, 1.165) is 50.3 Å². The second-order valence-corrected chi connectivity index (χ2v) is 11.4. The summed E-state index contributed by atoms with van der Waals surface area (Å²) >= 11 is 0. The van der Waals surface area contributed by atoms with Crippen LogP contribution in [0.4, 0.5) is 17.1 Å². The molecule has 45 heavy (non-hydrogen) atoms. The highest BCUT2D eigenvalue weighted by atomic mass is 16.3. The molecule has 0 saturated heterocycles. The summed E-state index contributed by atoms with van der Waals surface area (Å²) in [6.07, 6.45) is 0. The molecule has 212 valence electrons. The van der Waals surface area contributed by atoms with Crippen LogP contribution in [-0.4, -0.2) is 4.57 Å². The van der Waals surface area contributed by atoms with Crippen LogP contribution in [0.5, 0.6) is 0 Å². The van der Waals surface area contributed by atoms with E-state index in [-0.39, 0.29) is 0 Å². The predicted molar refractivity (Wildman–Crippen MR) is 188 cm³/mol. The minimum atomic E-state index is 0.880. The molecule has 0 N–H and O–H groups in total. The average molecular weight is 577 g/mol. The molecule has 9 rings (SSSR count). The van der Waals surface area contributed by atoms with Gasteiger partial charge in [0.1, 0.15) is 5.58 Å². The van der Waals surface area contributed by atoms with Crippen LogP contribution in [0, 0.1) is 0 Å². The standard InChI is InChI=1S/C42H28N2O/c1-2-13-31(14-3-1)43(40-22-11-19-37-36-18-6-9-23-41(36)45-42(37)40)32-26-24-29(25-27-32)30-12-10-15-33(28-30)44-38-20-7-4-16-34(38)35-17-5-8-21-39(35)44/h1-28H. The Labute approximate surface area is 260 Å². The quantitative estimate of drug-likeness (QED) is 0.203. The van der Waals surface area contributed by atoms with Crippen molar-refractivity contribution in [3.05, 3.63) is 170 Å². The zero-order chi connectivity index (χ0) is 29.7. The zero-order valence-corrected chi connectivity index (χ0v) is 24.5. The Morgan fingerprint density at radius 1 is 0.422 bits per heavy atom. The van der Waals surface area contributed by atoms with Gasteiger partial charge in [0.05, 0.1) is 16.7 Å². The normalized spacial score (nSPS) is 11.6. The van der Waals surface area contributed by atoms with Gasteiger partial charge in [0.2, 0.25) is 0 Å². The van der Waals surface area contributed by atoms with E-state index in [1.54, 1.807) is 0 Å². The van der Waals surface area contributed by atoms with Crippen molar-refractivity contribution in [1.82, 2.24) is 4.57 Å². The van der Waals surface area contributed by atoms with E-state index in [0.29, 0.717) is 0 Å². The summed E-state index contributed by atoms with van der Waals surface area (Å²) in [5, 5.41) is 4.77. The lowest BCUT2D eigenvalue weighted by Crippen LogP contribution is -2.10. The number of hydrogen-bond acceptors (Lipinski definition) is 2. The molecule has 9 aromatic rings. The molecule has 0 bridgehead atoms. The molecule has 0 aliphatic heterocycles. The fourth-order valence-electron chi connectivity index (χ4n) is 6.74. The Morgan fingerprint density at radius 2 is 1.02 bits per heavy atom. The van der Waals surface area contributed by atoms with E-state index in [2.05, 4.69) is 167 Å². The number of anilines is 3. The Kier molecular flexibility index (Phi) is 5.82. The van der Waals surface area contributed by atoms with Crippen molar-refractivity contribution < 1.29 is 4.42 Å². The van der Waals surface area contributed by atoms with Crippen molar-refractivity contribution in [3.8, 4) is 16.8 Å². The SMILES string of the molecule is c1ccc(N(c2ccc(-c3cccc(-n4c5ccccc5c5ccccc54)c3)cc2)c2cccc3c2oc2ccccc23)cc1. The number of fused-ring (bicyclic) bond motifs is 6. The van der Waals surface area contributed by atoms with Crippen molar-refractivity contribution in [1.29, 1.82) is 0 Å². The first-order chi connectivity index (χ1) is 22.3. The van der Waals surface area contributed by atoms with Gasteiger partial charge in [-0.25, -0.2) is 0 Å². The first kappa shape index (κ1) is 25.4. The minimum absolute atomic E-state index is 0.880. The van der Waals surface area contributed by atoms with Gasteiger partial charge in [0, 0.05) is 38.6 Å². The van der Waals surface area contributed by atoms with Gasteiger partial charge in [-0.05, 0) is 71.8 Å². The molecule has 2 aromatic heterocycles. The third-order valence-electron chi connectivity index (χ3n) is 8.78. The molecular weight excluding hydrogens is 548 g/mol. The molecule has 2 heterocycles. The number of rotatable bonds is 5. The summed E-state index contributed by atoms with van der Waals surface area (Å²) in [4.78, 5) is 2.28. The van der Waals surface area contributed by atoms with E-state index < -0.39 is 0 Å². The molecule has 3 nitrogen and oxygen atoms in total. The van der Waals surface area contributed by atoms with Crippen LogP contribution in [0.1, 0.15) is 0 Å². The van der Waals surface area contributed by atoms with E-state index in [1.165, 1.54) is 27.4 Å². The van der Waals surface area contributed by atoms with Crippen LogP contribution in [-0.2, 0) is 0 Å². The number of aromatic nitrogens is 1. The molecule has 0 fully saturated rings. The topological polar surface area (TPSA) is 21.3 Å². The zero-order valence-electron chi connectivity index (χ0n) is 24.5. The van der Waals surface area contributed by atoms with Crippen LogP contribution in [0.15, 0.2) is 174 Å². The lowest BCUT2D eigenvalue weighted by molar-refractivity contribution is 0.669. The van der Waals surface area contributed by atoms with Gasteiger partial charge in [0.25, 0.3) is 0 Å². The van der Waals surface area contributed by atoms with Crippen LogP contribution in [0.3, 0.4) is 0 Å². The first-order valence-corrected chi connectivity index (χ1v) is 15.3. The fourth-order valence-corrected chi connectivity index (χ4v) is 6.74. The third-order valence-corrected chi connectivity index (χ3v) is 8.78. The highest BCUT2D eigenvalue weighted by Crippen LogP contribution is 2.42. The molecule has 0 spiro atoms. The summed E-state index contributed by atoms with van der Waals surface area (Å²) < 4.78 is 8.83. The molecule has 0 saturated carbocycles. The minimum Gasteiger partial charge on any atom is -0.454 e. The number of para-hydroxylation sites is 5. The second kappa shape index (κ2) is 10.3. The van der Waals surface area contributed by atoms with E-state index in [4.69, 9.17) is 4.42 Å². The molecular formula is C42H28N2O. The van der Waals surface area contributed by atoms with Gasteiger partial charge < -0.3 is 13.9 Å². The first-order valence-electron chi connectivity index (χ1n) is 15.3. The van der Waals surface area contributed by atoms with Crippen molar-refractivity contribution in [3.63, 3.8) is 0 Å². The highest BCUT2D eigenvalue weighted by Gasteiger charge is 2.19. The predicted octanol–water partition coefficient (Wildman–Crippen LogP) is 11.8. The number of benzene rings is 7. The Balaban J connectivity index is 1.15. The average Bonchev–Trinajstić information content (AvgIpc) is 3.66. The van der Waals surface area contributed by atoms with E-state index >= 15 is 0 Å². The van der Waals surface area contributed by atoms with Gasteiger partial charge in [-0.15, -0.1) is 0 Å². The van der Waals surface area contributed by atoms with Gasteiger partial charge in [-0.3, -0.25) is 0 Å². The Bertz CT molecular complexity index is 2430. The van der Waals surface area contributed by atoms with E-state index in [1.807, 2.05) is 12.1 Å². The number of hydrogen-bond donors (Lipinski definition) is 0. The third kappa shape index (κ3) is 4.13. The molecule has 0 aliphatic rings. The molecule has 0 amide bonds. The van der Waals surface area contributed by atoms with Gasteiger partial charge in [-0.2, -0.15) is 0 Å². The molecule has 0 aliphatic carbocycles. The van der Waals surface area contributed by atoms with E-state index in [9.17, 15) is 0 Å². The van der Waals surface area contributed by atoms with Crippen LogP contribution < -0.4 is 4.90 Å². The summed E-state index contributed by atoms with van der Waals surface area (Å²) in [6.45, 7) is 0. The Morgan fingerprint density at radius 3 is 1.78 bits per heavy atom. The van der Waals surface area contributed by atoms with Crippen molar-refractivity contribution in [2.45, 2.75) is 0 Å². The van der Waals surface area contributed by atoms with Crippen molar-refractivity contribution in [2.75, 3.05) is 4.90 Å². The van der Waals surface area contributed by atoms with Crippen LogP contribution in [0.2, 0.25) is 0 Å². The second-order valence-electron chi connectivity index (χ2n) is 11.4. The van der Waals surface area contributed by atoms with Crippen LogP contribution >= 0.6 is 0 Å². The monoisotopic (exact) mass is 576 g/mol. The smallest absolute Gasteiger partial charge is 0.159 e. The molecule has 0 unspecified atom stereocenters. The maximum atomic E-state index is 6.47. The number of nitrogens with zero attached hydrogens (tertiary/aromatic N) is 2. The van der Waals surface area contributed by atoms with Crippen molar-refractivity contribution >= 4 is 60.8 Å². The summed E-state index contributed by atoms with van der Waals surface area (Å²) in [7, 11) is 0. The molecule has 0 atom stereocenters. The maximum absolute atomic E-state index is 6.47. The summed E-state index contributed by atoms with van der Waals surface area (Å²) in [6, 6.07) is 60.1. The lowest BCUT2D eigenvalue weighted by Gasteiger charge is -2.25. The molecule has 0 radical (unpaired) electrons. The van der Waals surface area contributed by atoms with Gasteiger partial charge in [-0.1, -0.05) is 109 Å². The van der Waals surface area contributed by atoms with Gasteiger partial charge >= 0.3 is 0 Å². The van der Waals surface area contributed by atoms with Crippen molar-refractivity contribution in [2.24, 2.45) is 0 Å². The summed E-state index contributed by atoms with van der Waals surface area (Å²) in [5.41, 5.74) is 10.8. The number of furan rings is 1. The lowest BCUT2D eigenvalue weighted by atomic mass is 10.0. The van der Waals surface area contributed by atoms with Crippen LogP contribution in [0.25, 0.3) is 60.6 Å². The molecule has 3 heteroatoms.